The van der Waals surface area contributed by atoms with Crippen molar-refractivity contribution in [2.24, 2.45) is 5.41 Å². The Labute approximate surface area is 108 Å². The number of likely N-dealkylation sites (N-methyl/N-ethyl adjacent to an activating group) is 1. The van der Waals surface area contributed by atoms with Gasteiger partial charge in [0.15, 0.2) is 0 Å². The summed E-state index contributed by atoms with van der Waals surface area (Å²) in [7, 11) is 1.61. The Kier molecular flexibility index (Phi) is 4.37. The molecule has 0 aromatic rings. The van der Waals surface area contributed by atoms with E-state index in [0.717, 1.165) is 12.8 Å². The highest BCUT2D eigenvalue weighted by molar-refractivity contribution is 5.85. The van der Waals surface area contributed by atoms with Gasteiger partial charge in [0.05, 0.1) is 17.6 Å². The molecule has 0 bridgehead atoms. The second kappa shape index (κ2) is 5.26. The second-order valence-corrected chi connectivity index (χ2v) is 5.89. The molecule has 0 unspecified atom stereocenters. The maximum absolute atomic E-state index is 12.2. The first-order valence-corrected chi connectivity index (χ1v) is 6.36. The van der Waals surface area contributed by atoms with Crippen molar-refractivity contribution < 1.29 is 19.8 Å². The van der Waals surface area contributed by atoms with E-state index in [1.165, 1.54) is 4.90 Å². The monoisotopic (exact) mass is 257 g/mol. The van der Waals surface area contributed by atoms with E-state index in [0.29, 0.717) is 12.8 Å². The zero-order valence-corrected chi connectivity index (χ0v) is 11.4. The zero-order valence-electron chi connectivity index (χ0n) is 11.4. The van der Waals surface area contributed by atoms with Crippen LogP contribution in [0, 0.1) is 5.41 Å². The number of carboxylic acid groups (broad SMARTS) is 1. The number of aliphatic hydroxyl groups excluding tert-OH is 1. The lowest BCUT2D eigenvalue weighted by Crippen LogP contribution is -2.49. The van der Waals surface area contributed by atoms with Crippen LogP contribution < -0.4 is 0 Å². The summed E-state index contributed by atoms with van der Waals surface area (Å²) < 4.78 is 0. The van der Waals surface area contributed by atoms with E-state index in [4.69, 9.17) is 0 Å². The Morgan fingerprint density at radius 2 is 1.78 bits per heavy atom. The molecule has 1 rings (SSSR count). The number of carbonyl (C=O) groups is 2. The third-order valence-electron chi connectivity index (χ3n) is 4.17. The van der Waals surface area contributed by atoms with E-state index in [1.807, 2.05) is 0 Å². The first-order valence-electron chi connectivity index (χ1n) is 6.36. The highest BCUT2D eigenvalue weighted by atomic mass is 16.4. The van der Waals surface area contributed by atoms with Crippen LogP contribution in [0.4, 0.5) is 0 Å². The van der Waals surface area contributed by atoms with Gasteiger partial charge in [0.25, 0.3) is 0 Å². The largest absolute Gasteiger partial charge is 0.481 e. The fraction of sp³-hybridized carbons (Fsp3) is 0.846. The quantitative estimate of drug-likeness (QED) is 0.777. The molecule has 2 N–H and O–H groups in total. The van der Waals surface area contributed by atoms with Crippen LogP contribution in [0.3, 0.4) is 0 Å². The lowest BCUT2D eigenvalue weighted by Gasteiger charge is -2.36. The number of nitrogens with zero attached hydrogens (tertiary/aromatic N) is 1. The van der Waals surface area contributed by atoms with Crippen LogP contribution in [0.25, 0.3) is 0 Å². The number of carbonyl (C=O) groups excluding carboxylic acids is 1. The lowest BCUT2D eigenvalue weighted by atomic mass is 9.82. The SMILES string of the molecule is CN(C(=O)CC1(C(=O)O)CCCC1)C(C)(C)CO. The zero-order chi connectivity index (χ0) is 14.0. The van der Waals surface area contributed by atoms with Crippen molar-refractivity contribution in [3.63, 3.8) is 0 Å². The summed E-state index contributed by atoms with van der Waals surface area (Å²) in [5.41, 5.74) is -1.55. The lowest BCUT2D eigenvalue weighted by molar-refractivity contribution is -0.154. The van der Waals surface area contributed by atoms with Crippen molar-refractivity contribution in [1.29, 1.82) is 0 Å². The minimum absolute atomic E-state index is 0.0300. The smallest absolute Gasteiger partial charge is 0.310 e. The molecular formula is C13H23NO4. The molecular weight excluding hydrogens is 234 g/mol. The maximum Gasteiger partial charge on any atom is 0.310 e. The van der Waals surface area contributed by atoms with Gasteiger partial charge >= 0.3 is 5.97 Å². The van der Waals surface area contributed by atoms with Gasteiger partial charge in [-0.2, -0.15) is 0 Å². The van der Waals surface area contributed by atoms with Crippen LogP contribution in [0.5, 0.6) is 0 Å². The summed E-state index contributed by atoms with van der Waals surface area (Å²) in [4.78, 5) is 25.0. The number of amides is 1. The molecule has 0 heterocycles. The average molecular weight is 257 g/mol. The van der Waals surface area contributed by atoms with Crippen molar-refractivity contribution in [2.75, 3.05) is 13.7 Å². The summed E-state index contributed by atoms with van der Waals surface area (Å²) in [5.74, 6) is -1.08. The molecule has 0 saturated heterocycles. The van der Waals surface area contributed by atoms with Gasteiger partial charge in [-0.1, -0.05) is 12.8 Å². The Morgan fingerprint density at radius 3 is 2.17 bits per heavy atom. The molecule has 1 fully saturated rings. The summed E-state index contributed by atoms with van der Waals surface area (Å²) in [5, 5.41) is 18.6. The number of hydrogen-bond acceptors (Lipinski definition) is 3. The van der Waals surface area contributed by atoms with Gasteiger partial charge in [-0.25, -0.2) is 0 Å². The number of aliphatic hydroxyl groups is 1. The Bertz CT molecular complexity index is 332. The second-order valence-electron chi connectivity index (χ2n) is 5.89. The predicted octanol–water partition coefficient (Wildman–Crippen LogP) is 1.25. The van der Waals surface area contributed by atoms with E-state index in [1.54, 1.807) is 20.9 Å². The Balaban J connectivity index is 2.77. The van der Waals surface area contributed by atoms with Gasteiger partial charge in [0.1, 0.15) is 0 Å². The molecule has 0 aliphatic heterocycles. The van der Waals surface area contributed by atoms with E-state index in [9.17, 15) is 19.8 Å². The Hall–Kier alpha value is -1.10. The van der Waals surface area contributed by atoms with Crippen LogP contribution in [-0.2, 0) is 9.59 Å². The van der Waals surface area contributed by atoms with Gasteiger partial charge < -0.3 is 15.1 Å². The molecule has 5 nitrogen and oxygen atoms in total. The van der Waals surface area contributed by atoms with Gasteiger partial charge in [-0.3, -0.25) is 9.59 Å². The van der Waals surface area contributed by atoms with Gasteiger partial charge in [-0.15, -0.1) is 0 Å². The summed E-state index contributed by atoms with van der Waals surface area (Å²) >= 11 is 0. The van der Waals surface area contributed by atoms with Crippen molar-refractivity contribution in [3.05, 3.63) is 0 Å². The van der Waals surface area contributed by atoms with Crippen molar-refractivity contribution in [1.82, 2.24) is 4.90 Å². The summed E-state index contributed by atoms with van der Waals surface area (Å²) in [6.45, 7) is 3.37. The van der Waals surface area contributed by atoms with Gasteiger partial charge in [0.2, 0.25) is 5.91 Å². The molecule has 0 aromatic heterocycles. The van der Waals surface area contributed by atoms with Gasteiger partial charge in [0, 0.05) is 13.5 Å². The molecule has 0 spiro atoms. The molecule has 0 aromatic carbocycles. The summed E-state index contributed by atoms with van der Waals surface area (Å²) in [6.07, 6.45) is 2.91. The fourth-order valence-electron chi connectivity index (χ4n) is 2.37. The minimum atomic E-state index is -0.892. The highest BCUT2D eigenvalue weighted by Gasteiger charge is 2.44. The van der Waals surface area contributed by atoms with Crippen LogP contribution >= 0.6 is 0 Å². The molecule has 1 aliphatic carbocycles. The highest BCUT2D eigenvalue weighted by Crippen LogP contribution is 2.42. The minimum Gasteiger partial charge on any atom is -0.481 e. The number of carboxylic acids is 1. The number of hydrogen-bond donors (Lipinski definition) is 2. The van der Waals surface area contributed by atoms with E-state index in [2.05, 4.69) is 0 Å². The third-order valence-corrected chi connectivity index (χ3v) is 4.17. The fourth-order valence-corrected chi connectivity index (χ4v) is 2.37. The molecule has 0 radical (unpaired) electrons. The maximum atomic E-state index is 12.2. The molecule has 104 valence electrons. The topological polar surface area (TPSA) is 77.8 Å². The normalized spacial score (nSPS) is 18.7. The van der Waals surface area contributed by atoms with Crippen LogP contribution in [0.1, 0.15) is 46.0 Å². The predicted molar refractivity (Wildman–Crippen MR) is 67.1 cm³/mol. The van der Waals surface area contributed by atoms with Crippen molar-refractivity contribution >= 4 is 11.9 Å². The van der Waals surface area contributed by atoms with Crippen LogP contribution in [-0.4, -0.2) is 46.2 Å². The molecule has 0 atom stereocenters. The van der Waals surface area contributed by atoms with E-state index < -0.39 is 16.9 Å². The first-order chi connectivity index (χ1) is 8.25. The van der Waals surface area contributed by atoms with E-state index >= 15 is 0 Å². The van der Waals surface area contributed by atoms with Crippen LogP contribution in [0.2, 0.25) is 0 Å². The van der Waals surface area contributed by atoms with Crippen molar-refractivity contribution in [2.45, 2.75) is 51.5 Å². The number of rotatable bonds is 5. The molecule has 5 heteroatoms. The first kappa shape index (κ1) is 15.0. The van der Waals surface area contributed by atoms with Gasteiger partial charge in [-0.05, 0) is 26.7 Å². The molecule has 1 aliphatic rings. The third kappa shape index (κ3) is 2.83. The summed E-state index contributed by atoms with van der Waals surface area (Å²) in [6, 6.07) is 0. The van der Waals surface area contributed by atoms with Crippen molar-refractivity contribution in [3.8, 4) is 0 Å². The van der Waals surface area contributed by atoms with E-state index in [-0.39, 0.29) is 18.9 Å². The molecule has 1 amide bonds. The molecule has 18 heavy (non-hydrogen) atoms. The average Bonchev–Trinajstić information content (AvgIpc) is 2.77. The van der Waals surface area contributed by atoms with Crippen LogP contribution in [0.15, 0.2) is 0 Å². The number of aliphatic carboxylic acids is 1. The molecule has 1 saturated carbocycles. The Morgan fingerprint density at radius 1 is 1.28 bits per heavy atom. The standard InChI is InChI=1S/C13H23NO4/c1-12(2,9-15)14(3)10(16)8-13(11(17)18)6-4-5-7-13/h15H,4-9H2,1-3H3,(H,17,18).